The van der Waals surface area contributed by atoms with E-state index in [0.717, 1.165) is 29.9 Å². The summed E-state index contributed by atoms with van der Waals surface area (Å²) in [5, 5.41) is 2.96. The van der Waals surface area contributed by atoms with Crippen LogP contribution in [0.1, 0.15) is 43.9 Å². The summed E-state index contributed by atoms with van der Waals surface area (Å²) in [4.78, 5) is 32.5. The van der Waals surface area contributed by atoms with Crippen LogP contribution < -0.4 is 10.1 Å². The number of para-hydroxylation sites is 2. The summed E-state index contributed by atoms with van der Waals surface area (Å²) in [6, 6.07) is 14.8. The van der Waals surface area contributed by atoms with Gasteiger partial charge in [-0.1, -0.05) is 39.8 Å². The van der Waals surface area contributed by atoms with Crippen molar-refractivity contribution in [3.8, 4) is 5.75 Å². The van der Waals surface area contributed by atoms with Crippen LogP contribution in [0.3, 0.4) is 0 Å². The van der Waals surface area contributed by atoms with E-state index in [1.807, 2.05) is 33.7 Å². The molecular formula is C27H36N4O3. The Balaban J connectivity index is 1.73. The molecule has 3 aromatic rings. The van der Waals surface area contributed by atoms with Crippen molar-refractivity contribution in [2.24, 2.45) is 11.8 Å². The molecule has 0 saturated carbocycles. The number of amides is 2. The largest absolute Gasteiger partial charge is 0.497 e. The van der Waals surface area contributed by atoms with Gasteiger partial charge in [-0.25, -0.2) is 4.98 Å². The predicted molar refractivity (Wildman–Crippen MR) is 135 cm³/mol. The van der Waals surface area contributed by atoms with Gasteiger partial charge in [-0.2, -0.15) is 0 Å². The SMILES string of the molecule is COc1ccc(C(=O)NCCc2nc3ccccc3n2CC(=O)N(CC(C)C)CC(C)C)cc1. The Labute approximate surface area is 202 Å². The molecule has 0 radical (unpaired) electrons. The smallest absolute Gasteiger partial charge is 0.251 e. The number of methoxy groups -OCH3 is 1. The molecule has 0 bridgehead atoms. The molecule has 0 atom stereocenters. The van der Waals surface area contributed by atoms with Crippen LogP contribution in [0.2, 0.25) is 0 Å². The van der Waals surface area contributed by atoms with Crippen molar-refractivity contribution in [3.05, 3.63) is 59.9 Å². The first-order valence-electron chi connectivity index (χ1n) is 11.9. The summed E-state index contributed by atoms with van der Waals surface area (Å²) in [7, 11) is 1.59. The van der Waals surface area contributed by atoms with Crippen LogP contribution in [0.15, 0.2) is 48.5 Å². The summed E-state index contributed by atoms with van der Waals surface area (Å²) in [5.41, 5.74) is 2.36. The van der Waals surface area contributed by atoms with Gasteiger partial charge in [0.1, 0.15) is 18.1 Å². The van der Waals surface area contributed by atoms with Gasteiger partial charge >= 0.3 is 0 Å². The van der Waals surface area contributed by atoms with Gasteiger partial charge in [0.05, 0.1) is 18.1 Å². The van der Waals surface area contributed by atoms with Crippen molar-refractivity contribution in [2.75, 3.05) is 26.7 Å². The molecule has 34 heavy (non-hydrogen) atoms. The van der Waals surface area contributed by atoms with E-state index in [4.69, 9.17) is 9.72 Å². The van der Waals surface area contributed by atoms with Gasteiger partial charge in [-0.05, 0) is 48.2 Å². The fourth-order valence-electron chi connectivity index (χ4n) is 4.02. The molecule has 0 saturated heterocycles. The predicted octanol–water partition coefficient (Wildman–Crippen LogP) is 4.16. The summed E-state index contributed by atoms with van der Waals surface area (Å²) >= 11 is 0. The Morgan fingerprint density at radius 2 is 1.65 bits per heavy atom. The quantitative estimate of drug-likeness (QED) is 0.462. The van der Waals surface area contributed by atoms with E-state index in [9.17, 15) is 9.59 Å². The van der Waals surface area contributed by atoms with Crippen molar-refractivity contribution in [2.45, 2.75) is 40.7 Å². The number of ether oxygens (including phenoxy) is 1. The molecule has 0 aliphatic carbocycles. The highest BCUT2D eigenvalue weighted by Crippen LogP contribution is 2.18. The molecule has 0 fully saturated rings. The number of nitrogens with zero attached hydrogens (tertiary/aromatic N) is 3. The second kappa shape index (κ2) is 11.7. The molecule has 0 unspecified atom stereocenters. The van der Waals surface area contributed by atoms with Crippen LogP contribution in [0.5, 0.6) is 5.75 Å². The normalized spacial score (nSPS) is 11.3. The topological polar surface area (TPSA) is 76.5 Å². The lowest BCUT2D eigenvalue weighted by Gasteiger charge is -2.27. The fraction of sp³-hybridized carbons (Fsp3) is 0.444. The van der Waals surface area contributed by atoms with Crippen LogP contribution in [0.25, 0.3) is 11.0 Å². The molecule has 3 rings (SSSR count). The van der Waals surface area contributed by atoms with Gasteiger partial charge < -0.3 is 19.5 Å². The van der Waals surface area contributed by atoms with E-state index in [2.05, 4.69) is 33.0 Å². The Kier molecular flexibility index (Phi) is 8.68. The number of benzene rings is 2. The minimum atomic E-state index is -0.151. The first kappa shape index (κ1) is 25.3. The van der Waals surface area contributed by atoms with Gasteiger partial charge in [-0.15, -0.1) is 0 Å². The average molecular weight is 465 g/mol. The van der Waals surface area contributed by atoms with Crippen LogP contribution >= 0.6 is 0 Å². The zero-order valence-corrected chi connectivity index (χ0v) is 20.9. The van der Waals surface area contributed by atoms with Crippen LogP contribution in [-0.2, 0) is 17.8 Å². The first-order chi connectivity index (χ1) is 16.3. The molecule has 0 spiro atoms. The maximum Gasteiger partial charge on any atom is 0.251 e. The summed E-state index contributed by atoms with van der Waals surface area (Å²) in [6.07, 6.45) is 0.526. The zero-order valence-electron chi connectivity index (χ0n) is 20.9. The Morgan fingerprint density at radius 1 is 1.00 bits per heavy atom. The number of hydrogen-bond acceptors (Lipinski definition) is 4. The molecule has 1 N–H and O–H groups in total. The standard InChI is InChI=1S/C27H36N4O3/c1-19(2)16-30(17-20(3)4)26(32)18-31-24-9-7-6-8-23(24)29-25(31)14-15-28-27(33)21-10-12-22(34-5)13-11-21/h6-13,19-20H,14-18H2,1-5H3,(H,28,33). The highest BCUT2D eigenvalue weighted by Gasteiger charge is 2.20. The third kappa shape index (κ3) is 6.59. The van der Waals surface area contributed by atoms with E-state index in [1.165, 1.54) is 0 Å². The number of aromatic nitrogens is 2. The monoisotopic (exact) mass is 464 g/mol. The fourth-order valence-corrected chi connectivity index (χ4v) is 4.02. The van der Waals surface area contributed by atoms with Crippen LogP contribution in [0, 0.1) is 11.8 Å². The lowest BCUT2D eigenvalue weighted by molar-refractivity contribution is -0.132. The molecular weight excluding hydrogens is 428 g/mol. The summed E-state index contributed by atoms with van der Waals surface area (Å²) in [5.74, 6) is 2.23. The molecule has 0 aliphatic rings. The number of hydrogen-bond donors (Lipinski definition) is 1. The number of nitrogens with one attached hydrogen (secondary N) is 1. The van der Waals surface area contributed by atoms with E-state index in [1.54, 1.807) is 31.4 Å². The number of rotatable bonds is 11. The maximum absolute atomic E-state index is 13.3. The van der Waals surface area contributed by atoms with Crippen molar-refractivity contribution in [1.29, 1.82) is 0 Å². The van der Waals surface area contributed by atoms with Crippen molar-refractivity contribution in [3.63, 3.8) is 0 Å². The van der Waals surface area contributed by atoms with Gasteiger partial charge in [0.25, 0.3) is 5.91 Å². The molecule has 7 nitrogen and oxygen atoms in total. The van der Waals surface area contributed by atoms with Gasteiger partial charge in [0.15, 0.2) is 0 Å². The van der Waals surface area contributed by atoms with E-state index < -0.39 is 0 Å². The van der Waals surface area contributed by atoms with Gasteiger partial charge in [-0.3, -0.25) is 9.59 Å². The second-order valence-corrected chi connectivity index (χ2v) is 9.42. The minimum Gasteiger partial charge on any atom is -0.497 e. The molecule has 1 heterocycles. The summed E-state index contributed by atoms with van der Waals surface area (Å²) < 4.78 is 7.14. The van der Waals surface area contributed by atoms with E-state index in [-0.39, 0.29) is 18.4 Å². The lowest BCUT2D eigenvalue weighted by Crippen LogP contribution is -2.39. The van der Waals surface area contributed by atoms with Crippen LogP contribution in [-0.4, -0.2) is 53.0 Å². The lowest BCUT2D eigenvalue weighted by atomic mass is 10.1. The third-order valence-corrected chi connectivity index (χ3v) is 5.54. The average Bonchev–Trinajstić information content (AvgIpc) is 3.15. The van der Waals surface area contributed by atoms with E-state index >= 15 is 0 Å². The number of imidazole rings is 1. The highest BCUT2D eigenvalue weighted by molar-refractivity contribution is 5.94. The Hall–Kier alpha value is -3.35. The maximum atomic E-state index is 13.3. The van der Waals surface area contributed by atoms with Gasteiger partial charge in [0.2, 0.25) is 5.91 Å². The second-order valence-electron chi connectivity index (χ2n) is 9.42. The number of carbonyl (C=O) groups is 2. The molecule has 0 aliphatic heterocycles. The van der Waals surface area contributed by atoms with Crippen molar-refractivity contribution < 1.29 is 14.3 Å². The molecule has 2 amide bonds. The molecule has 1 aromatic heterocycles. The molecule has 2 aromatic carbocycles. The third-order valence-electron chi connectivity index (χ3n) is 5.54. The molecule has 182 valence electrons. The van der Waals surface area contributed by atoms with Crippen LogP contribution in [0.4, 0.5) is 0 Å². The van der Waals surface area contributed by atoms with Crippen molar-refractivity contribution in [1.82, 2.24) is 19.8 Å². The van der Waals surface area contributed by atoms with Crippen molar-refractivity contribution >= 4 is 22.8 Å². The number of fused-ring (bicyclic) bond motifs is 1. The Bertz CT molecular complexity index is 1090. The van der Waals surface area contributed by atoms with E-state index in [0.29, 0.717) is 36.1 Å². The van der Waals surface area contributed by atoms with Gasteiger partial charge in [0, 0.05) is 31.6 Å². The minimum absolute atomic E-state index is 0.0917. The first-order valence-corrected chi connectivity index (χ1v) is 11.9. The number of carbonyl (C=O) groups excluding carboxylic acids is 2. The summed E-state index contributed by atoms with van der Waals surface area (Å²) in [6.45, 7) is 10.6. The molecule has 7 heteroatoms. The zero-order chi connectivity index (χ0) is 24.7. The Morgan fingerprint density at radius 3 is 2.26 bits per heavy atom. The highest BCUT2D eigenvalue weighted by atomic mass is 16.5.